The van der Waals surface area contributed by atoms with Crippen LogP contribution in [0.1, 0.15) is 36.2 Å². The number of methoxy groups -OCH3 is 1. The first-order chi connectivity index (χ1) is 12.3. The molecule has 0 amide bonds. The van der Waals surface area contributed by atoms with E-state index in [-0.39, 0.29) is 28.6 Å². The predicted octanol–water partition coefficient (Wildman–Crippen LogP) is 4.43. The van der Waals surface area contributed by atoms with E-state index in [9.17, 15) is 20.1 Å². The summed E-state index contributed by atoms with van der Waals surface area (Å²) in [5.41, 5.74) is 2.23. The minimum absolute atomic E-state index is 0.00233. The highest BCUT2D eigenvalue weighted by Gasteiger charge is 2.22. The lowest BCUT2D eigenvalue weighted by Crippen LogP contribution is -2.06. The van der Waals surface area contributed by atoms with Gasteiger partial charge in [0.05, 0.1) is 7.11 Å². The monoisotopic (exact) mass is 354 g/mol. The summed E-state index contributed by atoms with van der Waals surface area (Å²) >= 11 is 0. The second kappa shape index (κ2) is 8.25. The summed E-state index contributed by atoms with van der Waals surface area (Å²) in [5.74, 6) is -0.701. The molecular formula is C21H22O5. The van der Waals surface area contributed by atoms with Crippen molar-refractivity contribution >= 4 is 11.9 Å². The van der Waals surface area contributed by atoms with Crippen molar-refractivity contribution in [1.29, 1.82) is 0 Å². The third-order valence-electron chi connectivity index (χ3n) is 3.77. The maximum Gasteiger partial charge on any atom is 0.196 e. The Hall–Kier alpha value is -3.21. The van der Waals surface area contributed by atoms with E-state index >= 15 is 0 Å². The number of allylic oxidation sites excluding steroid dienone is 3. The molecule has 3 N–H and O–H groups in total. The van der Waals surface area contributed by atoms with Crippen LogP contribution in [0.15, 0.2) is 53.6 Å². The van der Waals surface area contributed by atoms with E-state index in [0.717, 1.165) is 17.2 Å². The number of aromatic hydroxyl groups is 3. The Balaban J connectivity index is 2.53. The molecule has 0 radical (unpaired) electrons. The lowest BCUT2D eigenvalue weighted by Gasteiger charge is -2.12. The van der Waals surface area contributed by atoms with Gasteiger partial charge in [-0.25, -0.2) is 0 Å². The van der Waals surface area contributed by atoms with Crippen LogP contribution < -0.4 is 4.74 Å². The Morgan fingerprint density at radius 3 is 2.27 bits per heavy atom. The summed E-state index contributed by atoms with van der Waals surface area (Å²) in [4.78, 5) is 13.1. The minimum atomic E-state index is -0.398. The molecule has 0 aliphatic heterocycles. The van der Waals surface area contributed by atoms with Crippen LogP contribution in [0.2, 0.25) is 0 Å². The van der Waals surface area contributed by atoms with Gasteiger partial charge >= 0.3 is 0 Å². The van der Waals surface area contributed by atoms with Crippen molar-refractivity contribution in [1.82, 2.24) is 0 Å². The molecule has 0 fully saturated rings. The van der Waals surface area contributed by atoms with Crippen molar-refractivity contribution in [2.24, 2.45) is 0 Å². The zero-order valence-corrected chi connectivity index (χ0v) is 15.0. The Bertz CT molecular complexity index is 857. The van der Waals surface area contributed by atoms with Crippen molar-refractivity contribution in [3.63, 3.8) is 0 Å². The number of carbonyl (C=O) groups is 1. The fraction of sp³-hybridized carbons (Fsp3) is 0.190. The lowest BCUT2D eigenvalue weighted by molar-refractivity contribution is 0.102. The van der Waals surface area contributed by atoms with Gasteiger partial charge < -0.3 is 20.1 Å². The zero-order chi connectivity index (χ0) is 19.3. The molecule has 0 aliphatic carbocycles. The highest BCUT2D eigenvalue weighted by Crippen LogP contribution is 2.35. The number of rotatable bonds is 6. The summed E-state index contributed by atoms with van der Waals surface area (Å²) in [6.45, 7) is 3.86. The van der Waals surface area contributed by atoms with E-state index in [0.29, 0.717) is 12.0 Å². The van der Waals surface area contributed by atoms with E-state index in [1.807, 2.05) is 19.9 Å². The maximum atomic E-state index is 13.1. The molecule has 0 unspecified atom stereocenters. The Kier molecular flexibility index (Phi) is 6.07. The largest absolute Gasteiger partial charge is 0.508 e. The van der Waals surface area contributed by atoms with Crippen LogP contribution in [0.25, 0.3) is 6.08 Å². The van der Waals surface area contributed by atoms with E-state index in [1.165, 1.54) is 25.3 Å². The molecule has 0 saturated heterocycles. The van der Waals surface area contributed by atoms with Crippen LogP contribution in [-0.4, -0.2) is 28.2 Å². The number of hydrogen-bond donors (Lipinski definition) is 3. The molecule has 5 nitrogen and oxygen atoms in total. The number of carbonyl (C=O) groups excluding carboxylic acids is 1. The summed E-state index contributed by atoms with van der Waals surface area (Å²) < 4.78 is 5.15. The third kappa shape index (κ3) is 4.66. The summed E-state index contributed by atoms with van der Waals surface area (Å²) in [6.07, 6.45) is 3.98. The quantitative estimate of drug-likeness (QED) is 0.406. The van der Waals surface area contributed by atoms with Crippen LogP contribution in [0.4, 0.5) is 0 Å². The predicted molar refractivity (Wildman–Crippen MR) is 101 cm³/mol. The van der Waals surface area contributed by atoms with E-state index < -0.39 is 5.78 Å². The number of phenolic OH excluding ortho intramolecular Hbond substituents is 3. The maximum absolute atomic E-state index is 13.1. The minimum Gasteiger partial charge on any atom is -0.508 e. The van der Waals surface area contributed by atoms with Crippen LogP contribution in [0.3, 0.4) is 0 Å². The average Bonchev–Trinajstić information content (AvgIpc) is 2.58. The van der Waals surface area contributed by atoms with Gasteiger partial charge in [-0.2, -0.15) is 0 Å². The average molecular weight is 354 g/mol. The van der Waals surface area contributed by atoms with Gasteiger partial charge in [0.2, 0.25) is 0 Å². The van der Waals surface area contributed by atoms with Crippen LogP contribution >= 0.6 is 0 Å². The second-order valence-electron chi connectivity index (χ2n) is 6.12. The Labute approximate surface area is 152 Å². The highest BCUT2D eigenvalue weighted by atomic mass is 16.5. The number of ketones is 1. The SMILES string of the molecule is COc1cc(O)cc(O)c1C(=O)C(=Cc1ccc(O)cc1)CC=C(C)C. The second-order valence-corrected chi connectivity index (χ2v) is 6.12. The first-order valence-corrected chi connectivity index (χ1v) is 8.09. The summed E-state index contributed by atoms with van der Waals surface area (Å²) in [5, 5.41) is 29.2. The third-order valence-corrected chi connectivity index (χ3v) is 3.77. The number of benzene rings is 2. The Morgan fingerprint density at radius 2 is 1.69 bits per heavy atom. The van der Waals surface area contributed by atoms with Gasteiger partial charge in [-0.1, -0.05) is 23.8 Å². The van der Waals surface area contributed by atoms with Gasteiger partial charge in [-0.3, -0.25) is 4.79 Å². The molecular weight excluding hydrogens is 332 g/mol. The van der Waals surface area contributed by atoms with Gasteiger partial charge in [0.25, 0.3) is 0 Å². The van der Waals surface area contributed by atoms with Crippen molar-refractivity contribution in [2.75, 3.05) is 7.11 Å². The van der Waals surface area contributed by atoms with E-state index in [2.05, 4.69) is 0 Å². The number of phenols is 3. The summed E-state index contributed by atoms with van der Waals surface area (Å²) in [7, 11) is 1.37. The van der Waals surface area contributed by atoms with Gasteiger partial charge in [0.15, 0.2) is 5.78 Å². The molecule has 0 aromatic heterocycles. The smallest absolute Gasteiger partial charge is 0.196 e. The van der Waals surface area contributed by atoms with Crippen molar-refractivity contribution in [3.05, 3.63) is 64.7 Å². The Morgan fingerprint density at radius 1 is 1.04 bits per heavy atom. The van der Waals surface area contributed by atoms with Gasteiger partial charge in [-0.05, 0) is 44.0 Å². The van der Waals surface area contributed by atoms with E-state index in [1.54, 1.807) is 18.2 Å². The molecule has 0 aliphatic rings. The molecule has 0 bridgehead atoms. The fourth-order valence-corrected chi connectivity index (χ4v) is 2.44. The molecule has 0 spiro atoms. The highest BCUT2D eigenvalue weighted by molar-refractivity contribution is 6.14. The molecule has 5 heteroatoms. The normalized spacial score (nSPS) is 11.1. The number of ether oxygens (including phenoxy) is 1. The van der Waals surface area contributed by atoms with Crippen molar-refractivity contribution < 1.29 is 24.9 Å². The summed E-state index contributed by atoms with van der Waals surface area (Å²) in [6, 6.07) is 8.85. The molecule has 26 heavy (non-hydrogen) atoms. The molecule has 2 rings (SSSR count). The van der Waals surface area contributed by atoms with Crippen molar-refractivity contribution in [3.8, 4) is 23.0 Å². The van der Waals surface area contributed by atoms with Gasteiger partial charge in [-0.15, -0.1) is 0 Å². The van der Waals surface area contributed by atoms with Crippen LogP contribution in [0, 0.1) is 0 Å². The fourth-order valence-electron chi connectivity index (χ4n) is 2.44. The molecule has 2 aromatic rings. The first kappa shape index (κ1) is 19.1. The number of hydrogen-bond acceptors (Lipinski definition) is 5. The van der Waals surface area contributed by atoms with E-state index in [4.69, 9.17) is 4.74 Å². The zero-order valence-electron chi connectivity index (χ0n) is 15.0. The molecule has 2 aromatic carbocycles. The standard InChI is InChI=1S/C21H22O5/c1-13(2)4-7-15(10-14-5-8-16(22)9-6-14)21(25)20-18(24)11-17(23)12-19(20)26-3/h4-6,8-12,22-24H,7H2,1-3H3. The molecule has 136 valence electrons. The van der Waals surface area contributed by atoms with Crippen LogP contribution in [0.5, 0.6) is 23.0 Å². The molecule has 0 saturated carbocycles. The van der Waals surface area contributed by atoms with Gasteiger partial charge in [0.1, 0.15) is 28.6 Å². The van der Waals surface area contributed by atoms with Crippen molar-refractivity contribution in [2.45, 2.75) is 20.3 Å². The lowest BCUT2D eigenvalue weighted by atomic mass is 9.96. The van der Waals surface area contributed by atoms with Gasteiger partial charge in [0, 0.05) is 17.7 Å². The first-order valence-electron chi connectivity index (χ1n) is 8.09. The molecule has 0 atom stereocenters. The number of Topliss-reactive ketones (excluding diaryl/α,β-unsaturated/α-hetero) is 1. The molecule has 0 heterocycles. The topological polar surface area (TPSA) is 87.0 Å². The van der Waals surface area contributed by atoms with Crippen LogP contribution in [-0.2, 0) is 0 Å².